The van der Waals surface area contributed by atoms with Crippen molar-refractivity contribution in [1.29, 1.82) is 0 Å². The van der Waals surface area contributed by atoms with Crippen LogP contribution in [-0.4, -0.2) is 45.8 Å². The van der Waals surface area contributed by atoms with E-state index in [2.05, 4.69) is 15.0 Å². The zero-order chi connectivity index (χ0) is 21.0. The van der Waals surface area contributed by atoms with Crippen molar-refractivity contribution in [2.45, 2.75) is 24.0 Å². The first-order valence-electron chi connectivity index (χ1n) is 8.41. The Morgan fingerprint density at radius 2 is 2.00 bits per heavy atom. The molecule has 2 heterocycles. The molecule has 0 fully saturated rings. The van der Waals surface area contributed by atoms with Gasteiger partial charge in [-0.3, -0.25) is 9.19 Å². The van der Waals surface area contributed by atoms with E-state index in [1.54, 1.807) is 25.1 Å². The number of nitrogens with zero attached hydrogens (tertiary/aromatic N) is 2. The van der Waals surface area contributed by atoms with Crippen molar-refractivity contribution in [3.8, 4) is 11.5 Å². The van der Waals surface area contributed by atoms with Crippen molar-refractivity contribution >= 4 is 21.8 Å². The first-order valence-corrected chi connectivity index (χ1v) is 9.72. The molecule has 0 bridgehead atoms. The van der Waals surface area contributed by atoms with E-state index in [9.17, 15) is 17.4 Å². The third kappa shape index (κ3) is 5.45. The lowest BCUT2D eigenvalue weighted by Crippen LogP contribution is -2.19. The van der Waals surface area contributed by atoms with E-state index < -0.39 is 23.6 Å². The van der Waals surface area contributed by atoms with Crippen molar-refractivity contribution in [1.82, 2.24) is 15.0 Å². The van der Waals surface area contributed by atoms with Crippen LogP contribution in [0.25, 0.3) is 11.0 Å². The molecule has 0 aliphatic rings. The van der Waals surface area contributed by atoms with E-state index in [4.69, 9.17) is 14.2 Å². The lowest BCUT2D eigenvalue weighted by molar-refractivity contribution is -0.153. The first-order chi connectivity index (χ1) is 13.8. The van der Waals surface area contributed by atoms with Gasteiger partial charge in [0, 0.05) is 24.9 Å². The summed E-state index contributed by atoms with van der Waals surface area (Å²) in [6.07, 6.45) is -3.12. The fourth-order valence-electron chi connectivity index (χ4n) is 2.50. The van der Waals surface area contributed by atoms with Gasteiger partial charge in [-0.05, 0) is 25.1 Å². The standard InChI is InChI=1S/C18H18F3N3O4S/c1-11-15(22-6-5-16(11)27-9-18(19,20)21)8-29(25)17-23-13-4-3-12(28-10-26-2)7-14(13)24-17/h3-7H,8-10H2,1-2H3,(H,23,24). The molecule has 1 atom stereocenters. The Bertz CT molecular complexity index is 1020. The molecule has 0 amide bonds. The van der Waals surface area contributed by atoms with Crippen LogP contribution in [0, 0.1) is 6.92 Å². The normalized spacial score (nSPS) is 12.9. The van der Waals surface area contributed by atoms with Crippen molar-refractivity contribution < 1.29 is 31.6 Å². The van der Waals surface area contributed by atoms with E-state index in [1.807, 2.05) is 0 Å². The Kier molecular flexibility index (Phi) is 6.38. The summed E-state index contributed by atoms with van der Waals surface area (Å²) >= 11 is 0. The monoisotopic (exact) mass is 429 g/mol. The summed E-state index contributed by atoms with van der Waals surface area (Å²) in [4.78, 5) is 11.4. The third-order valence-electron chi connectivity index (χ3n) is 3.91. The van der Waals surface area contributed by atoms with Gasteiger partial charge < -0.3 is 19.2 Å². The number of nitrogens with one attached hydrogen (secondary N) is 1. The molecule has 0 spiro atoms. The molecule has 11 heteroatoms. The Morgan fingerprint density at radius 1 is 1.21 bits per heavy atom. The Labute approximate surface area is 166 Å². The molecule has 29 heavy (non-hydrogen) atoms. The van der Waals surface area contributed by atoms with Crippen LogP contribution in [0.15, 0.2) is 35.6 Å². The molecule has 0 saturated heterocycles. The minimum absolute atomic E-state index is 0.0259. The number of aromatic nitrogens is 3. The number of ether oxygens (including phenoxy) is 3. The number of methoxy groups -OCH3 is 1. The van der Waals surface area contributed by atoms with Crippen LogP contribution in [0.1, 0.15) is 11.3 Å². The average Bonchev–Trinajstić information content (AvgIpc) is 3.10. The van der Waals surface area contributed by atoms with Gasteiger partial charge in [-0.25, -0.2) is 4.98 Å². The summed E-state index contributed by atoms with van der Waals surface area (Å²) < 4.78 is 64.9. The van der Waals surface area contributed by atoms with Crippen molar-refractivity contribution in [2.24, 2.45) is 0 Å². The highest BCUT2D eigenvalue weighted by Gasteiger charge is 2.29. The molecule has 0 saturated carbocycles. The minimum atomic E-state index is -4.45. The summed E-state index contributed by atoms with van der Waals surface area (Å²) in [6.45, 7) is 0.261. The number of benzene rings is 1. The summed E-state index contributed by atoms with van der Waals surface area (Å²) in [5.74, 6) is 0.586. The van der Waals surface area contributed by atoms with E-state index in [0.29, 0.717) is 28.0 Å². The number of hydrogen-bond acceptors (Lipinski definition) is 6. The first kappa shape index (κ1) is 21.1. The predicted molar refractivity (Wildman–Crippen MR) is 99.2 cm³/mol. The fraction of sp³-hybridized carbons (Fsp3) is 0.333. The molecular weight excluding hydrogens is 411 g/mol. The van der Waals surface area contributed by atoms with Crippen LogP contribution in [0.3, 0.4) is 0 Å². The Morgan fingerprint density at radius 3 is 2.72 bits per heavy atom. The quantitative estimate of drug-likeness (QED) is 0.552. The predicted octanol–water partition coefficient (Wildman–Crippen LogP) is 3.50. The summed E-state index contributed by atoms with van der Waals surface area (Å²) in [5, 5.41) is 0.228. The number of imidazole rings is 1. The molecule has 0 radical (unpaired) electrons. The molecule has 3 aromatic rings. The maximum Gasteiger partial charge on any atom is 0.422 e. The fourth-order valence-corrected chi connectivity index (χ4v) is 3.60. The second-order valence-corrected chi connectivity index (χ2v) is 7.41. The number of alkyl halides is 3. The molecule has 1 N–H and O–H groups in total. The second kappa shape index (κ2) is 8.78. The minimum Gasteiger partial charge on any atom is -0.484 e. The highest BCUT2D eigenvalue weighted by Crippen LogP contribution is 2.25. The molecule has 0 aliphatic heterocycles. The number of aromatic amines is 1. The van der Waals surface area contributed by atoms with Gasteiger partial charge in [-0.15, -0.1) is 0 Å². The average molecular weight is 429 g/mol. The highest BCUT2D eigenvalue weighted by atomic mass is 32.2. The number of hydrogen-bond donors (Lipinski definition) is 1. The zero-order valence-electron chi connectivity index (χ0n) is 15.6. The van der Waals surface area contributed by atoms with Crippen molar-refractivity contribution in [3.63, 3.8) is 0 Å². The topological polar surface area (TPSA) is 86.3 Å². The number of halogens is 3. The molecule has 1 aromatic carbocycles. The van der Waals surface area contributed by atoms with Gasteiger partial charge in [0.1, 0.15) is 11.5 Å². The van der Waals surface area contributed by atoms with Gasteiger partial charge in [0.15, 0.2) is 18.6 Å². The maximum atomic E-state index is 12.7. The van der Waals surface area contributed by atoms with E-state index >= 15 is 0 Å². The van der Waals surface area contributed by atoms with Gasteiger partial charge >= 0.3 is 6.18 Å². The van der Waals surface area contributed by atoms with Crippen LogP contribution in [0.4, 0.5) is 13.2 Å². The number of rotatable bonds is 8. The van der Waals surface area contributed by atoms with Crippen molar-refractivity contribution in [2.75, 3.05) is 20.5 Å². The smallest absolute Gasteiger partial charge is 0.422 e. The van der Waals surface area contributed by atoms with Gasteiger partial charge in [0.2, 0.25) is 0 Å². The van der Waals surface area contributed by atoms with Gasteiger partial charge in [0.05, 0.1) is 33.3 Å². The summed E-state index contributed by atoms with van der Waals surface area (Å²) in [5.41, 5.74) is 2.00. The van der Waals surface area contributed by atoms with E-state index in [-0.39, 0.29) is 23.5 Å². The highest BCUT2D eigenvalue weighted by molar-refractivity contribution is 7.84. The maximum absolute atomic E-state index is 12.7. The zero-order valence-corrected chi connectivity index (χ0v) is 16.4. The third-order valence-corrected chi connectivity index (χ3v) is 5.07. The van der Waals surface area contributed by atoms with Crippen LogP contribution in [0.5, 0.6) is 11.5 Å². The van der Waals surface area contributed by atoms with Crippen LogP contribution in [-0.2, 0) is 21.3 Å². The largest absolute Gasteiger partial charge is 0.484 e. The Balaban J connectivity index is 1.76. The lowest BCUT2D eigenvalue weighted by Gasteiger charge is -2.13. The van der Waals surface area contributed by atoms with Gasteiger partial charge in [0.25, 0.3) is 0 Å². The molecular formula is C18H18F3N3O4S. The Hall–Kier alpha value is -2.66. The molecule has 1 unspecified atom stereocenters. The van der Waals surface area contributed by atoms with E-state index in [0.717, 1.165) is 0 Å². The molecule has 2 aromatic heterocycles. The second-order valence-electron chi connectivity index (χ2n) is 6.05. The lowest BCUT2D eigenvalue weighted by atomic mass is 10.2. The molecule has 0 aliphatic carbocycles. The summed E-state index contributed by atoms with van der Waals surface area (Å²) in [6, 6.07) is 6.47. The van der Waals surface area contributed by atoms with Crippen LogP contribution >= 0.6 is 0 Å². The van der Waals surface area contributed by atoms with Crippen LogP contribution in [0.2, 0.25) is 0 Å². The number of fused-ring (bicyclic) bond motifs is 1. The summed E-state index contributed by atoms with van der Waals surface area (Å²) in [7, 11) is -0.0819. The van der Waals surface area contributed by atoms with E-state index in [1.165, 1.54) is 19.4 Å². The number of pyridine rings is 1. The molecule has 156 valence electrons. The van der Waals surface area contributed by atoms with Gasteiger partial charge in [-0.2, -0.15) is 13.2 Å². The SMILES string of the molecule is COCOc1ccc2nc(S(=O)Cc3nccc(OCC(F)(F)F)c3C)[nH]c2c1. The molecule has 7 nitrogen and oxygen atoms in total. The number of H-pyrrole nitrogens is 1. The van der Waals surface area contributed by atoms with Gasteiger partial charge in [-0.1, -0.05) is 0 Å². The van der Waals surface area contributed by atoms with Crippen LogP contribution < -0.4 is 9.47 Å². The van der Waals surface area contributed by atoms with Crippen molar-refractivity contribution in [3.05, 3.63) is 41.7 Å². The molecule has 3 rings (SSSR count).